The summed E-state index contributed by atoms with van der Waals surface area (Å²) in [6.45, 7) is 0. The van der Waals surface area contributed by atoms with E-state index in [2.05, 4.69) is 4.98 Å². The molecule has 4 aromatic rings. The number of carbonyl (C=O) groups is 2. The highest BCUT2D eigenvalue weighted by atomic mass is 35.5. The lowest BCUT2D eigenvalue weighted by Crippen LogP contribution is -2.11. The largest absolute Gasteiger partial charge is 0.289 e. The molecule has 0 bridgehead atoms. The highest BCUT2D eigenvalue weighted by Crippen LogP contribution is 2.31. The molecule has 0 radical (unpaired) electrons. The van der Waals surface area contributed by atoms with Gasteiger partial charge in [0, 0.05) is 45.2 Å². The average Bonchev–Trinajstić information content (AvgIpc) is 2.79. The van der Waals surface area contributed by atoms with E-state index in [1.807, 2.05) is 36.4 Å². The number of carbonyl (C=O) groups excluding carboxylic acids is 2. The maximum atomic E-state index is 13.2. The molecule has 0 amide bonds. The number of ketones is 2. The number of benzene rings is 3. The summed E-state index contributed by atoms with van der Waals surface area (Å²) in [4.78, 5) is 30.7. The van der Waals surface area contributed by atoms with Crippen LogP contribution in [0, 0.1) is 0 Å². The molecule has 140 valence electrons. The Morgan fingerprint density at radius 2 is 1.07 bits per heavy atom. The fraction of sp³-hybridized carbons (Fsp3) is 0. The average molecular weight is 398 g/mol. The summed E-state index contributed by atoms with van der Waals surface area (Å²) in [5.41, 5.74) is 3.11. The molecule has 3 aromatic carbocycles. The molecule has 0 fully saturated rings. The number of pyridine rings is 1. The second kappa shape index (κ2) is 8.21. The van der Waals surface area contributed by atoms with E-state index in [1.165, 1.54) is 12.4 Å². The van der Waals surface area contributed by atoms with Crippen LogP contribution in [-0.4, -0.2) is 16.6 Å². The zero-order chi connectivity index (χ0) is 20.2. The van der Waals surface area contributed by atoms with E-state index in [1.54, 1.807) is 48.5 Å². The first-order valence-corrected chi connectivity index (χ1v) is 9.46. The first kappa shape index (κ1) is 18.8. The van der Waals surface area contributed by atoms with Gasteiger partial charge in [0.25, 0.3) is 0 Å². The van der Waals surface area contributed by atoms with Crippen molar-refractivity contribution in [3.05, 3.63) is 125 Å². The van der Waals surface area contributed by atoms with Gasteiger partial charge in [-0.1, -0.05) is 84.4 Å². The molecular formula is C25H16ClNO2. The standard InChI is InChI=1S/C25H16ClNO2/c26-20-13-11-17(12-14-20)23-21(24(28)18-7-3-1-4-8-18)15-27-16-22(23)25(29)19-9-5-2-6-10-19/h1-16H. The van der Waals surface area contributed by atoms with Crippen molar-refractivity contribution in [1.29, 1.82) is 0 Å². The van der Waals surface area contributed by atoms with Gasteiger partial charge in [0.15, 0.2) is 11.6 Å². The van der Waals surface area contributed by atoms with Gasteiger partial charge in [-0.25, -0.2) is 0 Å². The van der Waals surface area contributed by atoms with Crippen LogP contribution in [0.5, 0.6) is 0 Å². The molecule has 0 N–H and O–H groups in total. The number of hydrogen-bond acceptors (Lipinski definition) is 3. The minimum absolute atomic E-state index is 0.189. The lowest BCUT2D eigenvalue weighted by atomic mass is 9.89. The first-order chi connectivity index (χ1) is 14.1. The maximum absolute atomic E-state index is 13.2. The van der Waals surface area contributed by atoms with Gasteiger partial charge in [-0.2, -0.15) is 0 Å². The molecule has 4 heteroatoms. The predicted molar refractivity (Wildman–Crippen MR) is 114 cm³/mol. The Morgan fingerprint density at radius 1 is 0.621 bits per heavy atom. The summed E-state index contributed by atoms with van der Waals surface area (Å²) in [6, 6.07) is 25.0. The first-order valence-electron chi connectivity index (χ1n) is 9.08. The Bertz CT molecular complexity index is 1100. The van der Waals surface area contributed by atoms with Crippen molar-refractivity contribution in [1.82, 2.24) is 4.98 Å². The molecular weight excluding hydrogens is 382 g/mol. The van der Waals surface area contributed by atoms with Crippen molar-refractivity contribution in [2.45, 2.75) is 0 Å². The SMILES string of the molecule is O=C(c1ccccc1)c1cncc(C(=O)c2ccccc2)c1-c1ccc(Cl)cc1. The van der Waals surface area contributed by atoms with Gasteiger partial charge in [0.1, 0.15) is 0 Å². The number of nitrogens with zero attached hydrogens (tertiary/aromatic N) is 1. The van der Waals surface area contributed by atoms with Crippen LogP contribution in [0.3, 0.4) is 0 Å². The summed E-state index contributed by atoms with van der Waals surface area (Å²) >= 11 is 6.05. The lowest BCUT2D eigenvalue weighted by Gasteiger charge is -2.14. The van der Waals surface area contributed by atoms with Crippen LogP contribution in [0.4, 0.5) is 0 Å². The lowest BCUT2D eigenvalue weighted by molar-refractivity contribution is 0.103. The van der Waals surface area contributed by atoms with Crippen LogP contribution in [0.1, 0.15) is 31.8 Å². The van der Waals surface area contributed by atoms with E-state index in [0.717, 1.165) is 5.56 Å². The zero-order valence-electron chi connectivity index (χ0n) is 15.4. The van der Waals surface area contributed by atoms with Crippen molar-refractivity contribution in [2.75, 3.05) is 0 Å². The zero-order valence-corrected chi connectivity index (χ0v) is 16.1. The molecule has 0 atom stereocenters. The van der Waals surface area contributed by atoms with Gasteiger partial charge >= 0.3 is 0 Å². The molecule has 0 aliphatic carbocycles. The third kappa shape index (κ3) is 3.86. The summed E-state index contributed by atoms with van der Waals surface area (Å²) in [5.74, 6) is -0.378. The molecule has 0 aliphatic rings. The molecule has 0 aliphatic heterocycles. The van der Waals surface area contributed by atoms with Crippen LogP contribution in [0.15, 0.2) is 97.3 Å². The van der Waals surface area contributed by atoms with Gasteiger partial charge in [-0.15, -0.1) is 0 Å². The van der Waals surface area contributed by atoms with Crippen LogP contribution >= 0.6 is 11.6 Å². The highest BCUT2D eigenvalue weighted by molar-refractivity contribution is 6.30. The fourth-order valence-electron chi connectivity index (χ4n) is 3.22. The minimum atomic E-state index is -0.189. The molecule has 1 aromatic heterocycles. The van der Waals surface area contributed by atoms with Crippen molar-refractivity contribution in [3.63, 3.8) is 0 Å². The van der Waals surface area contributed by atoms with Gasteiger partial charge in [-0.05, 0) is 17.7 Å². The van der Waals surface area contributed by atoms with E-state index < -0.39 is 0 Å². The van der Waals surface area contributed by atoms with Crippen molar-refractivity contribution < 1.29 is 9.59 Å². The quantitative estimate of drug-likeness (QED) is 0.396. The summed E-state index contributed by atoms with van der Waals surface area (Å²) in [5, 5.41) is 0.578. The molecule has 29 heavy (non-hydrogen) atoms. The van der Waals surface area contributed by atoms with Gasteiger partial charge in [0.2, 0.25) is 0 Å². The minimum Gasteiger partial charge on any atom is -0.289 e. The van der Waals surface area contributed by atoms with Gasteiger partial charge in [0.05, 0.1) is 0 Å². The van der Waals surface area contributed by atoms with E-state index >= 15 is 0 Å². The smallest absolute Gasteiger partial charge is 0.195 e. The van der Waals surface area contributed by atoms with E-state index in [4.69, 9.17) is 11.6 Å². The Kier molecular flexibility index (Phi) is 5.32. The van der Waals surface area contributed by atoms with Crippen LogP contribution < -0.4 is 0 Å². The normalized spacial score (nSPS) is 10.5. The van der Waals surface area contributed by atoms with Gasteiger partial charge < -0.3 is 0 Å². The van der Waals surface area contributed by atoms with Crippen LogP contribution in [0.25, 0.3) is 11.1 Å². The van der Waals surface area contributed by atoms with Crippen LogP contribution in [0.2, 0.25) is 5.02 Å². The molecule has 4 rings (SSSR count). The second-order valence-corrected chi connectivity index (χ2v) is 6.94. The summed E-state index contributed by atoms with van der Waals surface area (Å²) in [6.07, 6.45) is 3.03. The third-order valence-corrected chi connectivity index (χ3v) is 4.89. The molecule has 0 spiro atoms. The van der Waals surface area contributed by atoms with Gasteiger partial charge in [-0.3, -0.25) is 14.6 Å². The maximum Gasteiger partial charge on any atom is 0.195 e. The monoisotopic (exact) mass is 397 g/mol. The van der Waals surface area contributed by atoms with Crippen molar-refractivity contribution in [3.8, 4) is 11.1 Å². The number of rotatable bonds is 5. The Morgan fingerprint density at radius 3 is 1.52 bits per heavy atom. The molecule has 1 heterocycles. The molecule has 3 nitrogen and oxygen atoms in total. The topological polar surface area (TPSA) is 47.0 Å². The Hall–Kier alpha value is -3.56. The Balaban J connectivity index is 1.93. The number of halogens is 1. The van der Waals surface area contributed by atoms with Crippen molar-refractivity contribution in [2.24, 2.45) is 0 Å². The fourth-order valence-corrected chi connectivity index (χ4v) is 3.35. The second-order valence-electron chi connectivity index (χ2n) is 6.51. The summed E-state index contributed by atoms with van der Waals surface area (Å²) in [7, 11) is 0. The van der Waals surface area contributed by atoms with Crippen molar-refractivity contribution >= 4 is 23.2 Å². The predicted octanol–water partition coefficient (Wildman–Crippen LogP) is 5.86. The Labute approximate surface area is 173 Å². The number of hydrogen-bond donors (Lipinski definition) is 0. The number of aromatic nitrogens is 1. The molecule has 0 saturated heterocycles. The molecule has 0 saturated carbocycles. The van der Waals surface area contributed by atoms with E-state index in [9.17, 15) is 9.59 Å². The third-order valence-electron chi connectivity index (χ3n) is 4.64. The molecule has 0 unspecified atom stereocenters. The summed E-state index contributed by atoms with van der Waals surface area (Å²) < 4.78 is 0. The van der Waals surface area contributed by atoms with Crippen LogP contribution in [-0.2, 0) is 0 Å². The highest BCUT2D eigenvalue weighted by Gasteiger charge is 2.22. The van der Waals surface area contributed by atoms with E-state index in [0.29, 0.717) is 32.8 Å². The van der Waals surface area contributed by atoms with E-state index in [-0.39, 0.29) is 11.6 Å².